The van der Waals surface area contributed by atoms with Gasteiger partial charge in [-0.05, 0) is 29.8 Å². The zero-order valence-electron chi connectivity index (χ0n) is 15.3. The minimum absolute atomic E-state index is 0. The highest BCUT2D eigenvalue weighted by Gasteiger charge is 2.10. The van der Waals surface area contributed by atoms with E-state index in [1.165, 1.54) is 18.2 Å². The van der Waals surface area contributed by atoms with Gasteiger partial charge in [0.2, 0.25) is 0 Å². The number of aliphatic imine (C=N–C) groups is 1. The molecule has 0 aliphatic rings. The van der Waals surface area contributed by atoms with E-state index >= 15 is 0 Å². The van der Waals surface area contributed by atoms with Crippen molar-refractivity contribution >= 4 is 29.9 Å². The molecule has 0 amide bonds. The molecule has 0 aromatic heterocycles. The van der Waals surface area contributed by atoms with Gasteiger partial charge in [0, 0.05) is 32.7 Å². The molecule has 2 aromatic rings. The third kappa shape index (κ3) is 6.92. The second kappa shape index (κ2) is 11.4. The fourth-order valence-electron chi connectivity index (χ4n) is 2.44. The number of guanidine groups is 1. The topological polar surface area (TPSA) is 60.7 Å². The first kappa shape index (κ1) is 23.6. The van der Waals surface area contributed by atoms with Crippen LogP contribution in [-0.4, -0.2) is 31.6 Å². The van der Waals surface area contributed by atoms with E-state index in [9.17, 15) is 13.2 Å². The zero-order chi connectivity index (χ0) is 19.8. The second-order valence-electron chi connectivity index (χ2n) is 5.70. The van der Waals surface area contributed by atoms with Gasteiger partial charge in [-0.1, -0.05) is 18.2 Å². The van der Waals surface area contributed by atoms with Crippen molar-refractivity contribution in [2.75, 3.05) is 14.1 Å². The molecule has 0 aliphatic heterocycles. The van der Waals surface area contributed by atoms with E-state index in [4.69, 9.17) is 5.26 Å². The van der Waals surface area contributed by atoms with Crippen LogP contribution in [0, 0.1) is 17.1 Å². The lowest BCUT2D eigenvalue weighted by atomic mass is 10.1. The number of hydrogen-bond donors (Lipinski definition) is 1. The van der Waals surface area contributed by atoms with Gasteiger partial charge < -0.3 is 15.0 Å². The van der Waals surface area contributed by atoms with Gasteiger partial charge in [-0.25, -0.2) is 4.39 Å². The van der Waals surface area contributed by atoms with Crippen molar-refractivity contribution in [2.45, 2.75) is 19.7 Å². The molecular formula is C19H20F3IN4O. The van der Waals surface area contributed by atoms with Gasteiger partial charge in [0.1, 0.15) is 11.6 Å². The number of nitrogens with one attached hydrogen (secondary N) is 1. The SMILES string of the molecule is CN=C(NCc1ccc(C#N)cc1F)N(C)Cc1ccc(OC(F)F)cc1.I. The Labute approximate surface area is 178 Å². The molecule has 0 fully saturated rings. The minimum atomic E-state index is -2.86. The van der Waals surface area contributed by atoms with Crippen LogP contribution in [0.2, 0.25) is 0 Å². The molecule has 0 radical (unpaired) electrons. The summed E-state index contributed by atoms with van der Waals surface area (Å²) < 4.78 is 42.6. The summed E-state index contributed by atoms with van der Waals surface area (Å²) in [5.74, 6) is 0.163. The van der Waals surface area contributed by atoms with Crippen molar-refractivity contribution in [3.8, 4) is 11.8 Å². The summed E-state index contributed by atoms with van der Waals surface area (Å²) in [7, 11) is 3.40. The largest absolute Gasteiger partial charge is 0.435 e. The fourth-order valence-corrected chi connectivity index (χ4v) is 2.44. The Morgan fingerprint density at radius 3 is 2.46 bits per heavy atom. The monoisotopic (exact) mass is 504 g/mol. The van der Waals surface area contributed by atoms with Gasteiger partial charge in [-0.15, -0.1) is 24.0 Å². The van der Waals surface area contributed by atoms with Gasteiger partial charge in [-0.3, -0.25) is 4.99 Å². The first-order valence-corrected chi connectivity index (χ1v) is 8.07. The van der Waals surface area contributed by atoms with Crippen LogP contribution < -0.4 is 10.1 Å². The Bertz CT molecular complexity index is 838. The molecule has 1 N–H and O–H groups in total. The van der Waals surface area contributed by atoms with Crippen LogP contribution in [0.3, 0.4) is 0 Å². The van der Waals surface area contributed by atoms with Gasteiger partial charge in [0.05, 0.1) is 11.6 Å². The van der Waals surface area contributed by atoms with Gasteiger partial charge in [0.25, 0.3) is 0 Å². The Morgan fingerprint density at radius 2 is 1.93 bits per heavy atom. The molecule has 28 heavy (non-hydrogen) atoms. The Morgan fingerprint density at radius 1 is 1.25 bits per heavy atom. The third-order valence-electron chi connectivity index (χ3n) is 3.76. The van der Waals surface area contributed by atoms with Crippen LogP contribution in [0.15, 0.2) is 47.5 Å². The summed E-state index contributed by atoms with van der Waals surface area (Å²) in [6.45, 7) is -2.19. The number of benzene rings is 2. The summed E-state index contributed by atoms with van der Waals surface area (Å²) in [5.41, 5.74) is 1.54. The smallest absolute Gasteiger partial charge is 0.387 e. The molecule has 0 spiro atoms. The van der Waals surface area contributed by atoms with Gasteiger partial charge in [0.15, 0.2) is 5.96 Å². The normalized spacial score (nSPS) is 10.8. The molecule has 0 heterocycles. The van der Waals surface area contributed by atoms with Gasteiger partial charge >= 0.3 is 6.61 Å². The summed E-state index contributed by atoms with van der Waals surface area (Å²) in [6, 6.07) is 12.5. The zero-order valence-corrected chi connectivity index (χ0v) is 17.7. The maximum Gasteiger partial charge on any atom is 0.387 e. The molecule has 0 saturated carbocycles. The standard InChI is InChI=1S/C19H19F3N4O.HI/c1-24-19(25-11-15-6-3-14(10-23)9-17(15)20)26(2)12-13-4-7-16(8-5-13)27-18(21)22;/h3-9,18H,11-12H2,1-2H3,(H,24,25);1H. The number of alkyl halides is 2. The summed E-state index contributed by atoms with van der Waals surface area (Å²) in [6.07, 6.45) is 0. The average molecular weight is 504 g/mol. The van der Waals surface area contributed by atoms with E-state index in [2.05, 4.69) is 15.0 Å². The Kier molecular flexibility index (Phi) is 9.58. The van der Waals surface area contributed by atoms with Crippen molar-refractivity contribution in [1.29, 1.82) is 5.26 Å². The molecule has 5 nitrogen and oxygen atoms in total. The van der Waals surface area contributed by atoms with E-state index in [1.54, 1.807) is 38.4 Å². The molecule has 0 unspecified atom stereocenters. The van der Waals surface area contributed by atoms with E-state index < -0.39 is 12.4 Å². The van der Waals surface area contributed by atoms with E-state index in [1.807, 2.05) is 11.0 Å². The molecule has 0 atom stereocenters. The lowest BCUT2D eigenvalue weighted by Crippen LogP contribution is -2.38. The minimum Gasteiger partial charge on any atom is -0.435 e. The fraction of sp³-hybridized carbons (Fsp3) is 0.263. The molecule has 9 heteroatoms. The van der Waals surface area contributed by atoms with Crippen molar-refractivity contribution < 1.29 is 17.9 Å². The number of halogens is 4. The Hall–Kier alpha value is -2.48. The van der Waals surface area contributed by atoms with Crippen molar-refractivity contribution in [2.24, 2.45) is 4.99 Å². The molecule has 0 bridgehead atoms. The van der Waals surface area contributed by atoms with Crippen molar-refractivity contribution in [1.82, 2.24) is 10.2 Å². The van der Waals surface area contributed by atoms with Crippen LogP contribution in [0.4, 0.5) is 13.2 Å². The highest BCUT2D eigenvalue weighted by atomic mass is 127. The van der Waals surface area contributed by atoms with Crippen LogP contribution >= 0.6 is 24.0 Å². The van der Waals surface area contributed by atoms with Crippen LogP contribution in [0.25, 0.3) is 0 Å². The molecule has 2 aromatic carbocycles. The first-order chi connectivity index (χ1) is 12.9. The number of hydrogen-bond acceptors (Lipinski definition) is 3. The maximum absolute atomic E-state index is 14.0. The number of nitriles is 1. The number of rotatable bonds is 6. The lowest BCUT2D eigenvalue weighted by molar-refractivity contribution is -0.0498. The highest BCUT2D eigenvalue weighted by Crippen LogP contribution is 2.16. The number of ether oxygens (including phenoxy) is 1. The lowest BCUT2D eigenvalue weighted by Gasteiger charge is -2.22. The molecule has 150 valence electrons. The predicted octanol–water partition coefficient (Wildman–Crippen LogP) is 4.12. The first-order valence-electron chi connectivity index (χ1n) is 8.07. The summed E-state index contributed by atoms with van der Waals surface area (Å²) in [5, 5.41) is 11.8. The molecule has 0 saturated heterocycles. The van der Waals surface area contributed by atoms with Crippen molar-refractivity contribution in [3.63, 3.8) is 0 Å². The summed E-state index contributed by atoms with van der Waals surface area (Å²) in [4.78, 5) is 5.96. The number of nitrogens with zero attached hydrogens (tertiary/aromatic N) is 3. The second-order valence-corrected chi connectivity index (χ2v) is 5.70. The average Bonchev–Trinajstić information content (AvgIpc) is 2.64. The quantitative estimate of drug-likeness (QED) is 0.366. The predicted molar refractivity (Wildman–Crippen MR) is 111 cm³/mol. The van der Waals surface area contributed by atoms with Crippen LogP contribution in [0.5, 0.6) is 5.75 Å². The molecule has 2 rings (SSSR count). The van der Waals surface area contributed by atoms with Crippen molar-refractivity contribution in [3.05, 3.63) is 65.0 Å². The van der Waals surface area contributed by atoms with E-state index in [0.29, 0.717) is 18.1 Å². The van der Waals surface area contributed by atoms with E-state index in [0.717, 1.165) is 5.56 Å². The summed E-state index contributed by atoms with van der Waals surface area (Å²) >= 11 is 0. The molecular weight excluding hydrogens is 484 g/mol. The Balaban J connectivity index is 0.00000392. The third-order valence-corrected chi connectivity index (χ3v) is 3.76. The van der Waals surface area contributed by atoms with Crippen LogP contribution in [0.1, 0.15) is 16.7 Å². The highest BCUT2D eigenvalue weighted by molar-refractivity contribution is 14.0. The van der Waals surface area contributed by atoms with Crippen LogP contribution in [-0.2, 0) is 13.1 Å². The maximum atomic E-state index is 14.0. The van der Waals surface area contributed by atoms with Gasteiger partial charge in [-0.2, -0.15) is 14.0 Å². The van der Waals surface area contributed by atoms with E-state index in [-0.39, 0.29) is 41.8 Å². The molecule has 0 aliphatic carbocycles.